The first kappa shape index (κ1) is 15.1. The number of aromatic nitrogens is 3. The van der Waals surface area contributed by atoms with Crippen LogP contribution < -0.4 is 0 Å². The molecule has 4 atom stereocenters. The minimum atomic E-state index is -2.32. The summed E-state index contributed by atoms with van der Waals surface area (Å²) >= 11 is 0. The van der Waals surface area contributed by atoms with Crippen molar-refractivity contribution in [2.75, 3.05) is 19.7 Å². The largest absolute Gasteiger partial charge is 0.388 e. The lowest BCUT2D eigenvalue weighted by molar-refractivity contribution is -0.155. The molecule has 0 unspecified atom stereocenters. The molecule has 8 nitrogen and oxygen atoms in total. The Morgan fingerprint density at radius 3 is 2.90 bits per heavy atom. The Labute approximate surface area is 116 Å². The molecule has 9 heteroatoms. The molecule has 1 aromatic rings. The van der Waals surface area contributed by atoms with Crippen LogP contribution in [-0.4, -0.2) is 51.9 Å². The summed E-state index contributed by atoms with van der Waals surface area (Å²) in [6.07, 6.45) is -0.870. The average Bonchev–Trinajstić information content (AvgIpc) is 2.94. The minimum Gasteiger partial charge on any atom is -0.388 e. The molecule has 20 heavy (non-hydrogen) atoms. The predicted molar refractivity (Wildman–Crippen MR) is 69.2 cm³/mol. The van der Waals surface area contributed by atoms with Crippen molar-refractivity contribution in [3.05, 3.63) is 12.2 Å². The zero-order valence-electron chi connectivity index (χ0n) is 11.5. The third-order valence-corrected chi connectivity index (χ3v) is 3.72. The van der Waals surface area contributed by atoms with Gasteiger partial charge in [0.1, 0.15) is 32.0 Å². The topological polar surface area (TPSA) is 110 Å². The van der Waals surface area contributed by atoms with Gasteiger partial charge in [0.25, 0.3) is 5.82 Å². The maximum absolute atomic E-state index is 11.6. The van der Waals surface area contributed by atoms with E-state index in [1.165, 1.54) is 11.0 Å². The van der Waals surface area contributed by atoms with Crippen LogP contribution in [0.15, 0.2) is 6.33 Å². The van der Waals surface area contributed by atoms with Crippen molar-refractivity contribution >= 4 is 7.14 Å². The van der Waals surface area contributed by atoms with Crippen LogP contribution in [0.3, 0.4) is 0 Å². The summed E-state index contributed by atoms with van der Waals surface area (Å²) in [5.41, 5.74) is 0. The normalized spacial score (nSPS) is 30.4. The van der Waals surface area contributed by atoms with E-state index in [-0.39, 0.29) is 18.1 Å². The van der Waals surface area contributed by atoms with Gasteiger partial charge in [-0.3, -0.25) is 0 Å². The van der Waals surface area contributed by atoms with Crippen LogP contribution in [0.5, 0.6) is 0 Å². The number of aliphatic hydroxyl groups is 1. The van der Waals surface area contributed by atoms with Crippen LogP contribution in [-0.2, 0) is 14.0 Å². The zero-order chi connectivity index (χ0) is 14.9. The molecule has 0 spiro atoms. The van der Waals surface area contributed by atoms with E-state index in [4.69, 9.17) is 14.7 Å². The van der Waals surface area contributed by atoms with E-state index in [1.54, 1.807) is 26.3 Å². The molecular weight excluding hydrogens is 283 g/mol. The Balaban J connectivity index is 2.07. The fourth-order valence-electron chi connectivity index (χ4n) is 1.87. The van der Waals surface area contributed by atoms with Crippen LogP contribution in [0.25, 0.3) is 0 Å². The van der Waals surface area contributed by atoms with Crippen molar-refractivity contribution in [2.24, 2.45) is 5.92 Å². The standard InChI is InChI=1S/C11H17N4O4P/c1-7-9(16)10(15-5-13-8(4-12)14-15)19-11(7)18-6-20(2,3)17/h5,7,9-11,16H,6H2,1-3H3/t7-,9+,10+,11-/m0/s1. The number of aliphatic hydroxyl groups excluding tert-OH is 1. The summed E-state index contributed by atoms with van der Waals surface area (Å²) in [6, 6.07) is 1.80. The molecule has 1 aliphatic heterocycles. The third-order valence-electron chi connectivity index (χ3n) is 2.95. The van der Waals surface area contributed by atoms with Gasteiger partial charge in [0.05, 0.1) is 0 Å². The van der Waals surface area contributed by atoms with Crippen molar-refractivity contribution in [2.45, 2.75) is 25.5 Å². The molecule has 2 heterocycles. The molecule has 0 saturated carbocycles. The smallest absolute Gasteiger partial charge is 0.252 e. The minimum absolute atomic E-state index is 0.00411. The van der Waals surface area contributed by atoms with E-state index < -0.39 is 25.8 Å². The number of nitriles is 1. The maximum atomic E-state index is 11.6. The van der Waals surface area contributed by atoms with Crippen molar-refractivity contribution in [1.82, 2.24) is 14.8 Å². The number of nitrogens with zero attached hydrogens (tertiary/aromatic N) is 4. The van der Waals surface area contributed by atoms with Crippen LogP contribution in [0, 0.1) is 17.2 Å². The molecule has 1 N–H and O–H groups in total. The van der Waals surface area contributed by atoms with Crippen molar-refractivity contribution in [3.63, 3.8) is 0 Å². The fraction of sp³-hybridized carbons (Fsp3) is 0.727. The van der Waals surface area contributed by atoms with Gasteiger partial charge in [-0.2, -0.15) is 5.26 Å². The van der Waals surface area contributed by atoms with Crippen LogP contribution in [0.4, 0.5) is 0 Å². The maximum Gasteiger partial charge on any atom is 0.252 e. The van der Waals surface area contributed by atoms with Gasteiger partial charge in [0.15, 0.2) is 12.5 Å². The molecule has 1 saturated heterocycles. The highest BCUT2D eigenvalue weighted by molar-refractivity contribution is 7.62. The molecule has 0 aliphatic carbocycles. The second-order valence-electron chi connectivity index (χ2n) is 5.27. The SMILES string of the molecule is C[C@@H]1[C@@H](OCP(C)(C)=O)O[C@@H](n2cnc(C#N)n2)[C@@H]1O. The Morgan fingerprint density at radius 1 is 1.65 bits per heavy atom. The summed E-state index contributed by atoms with van der Waals surface area (Å²) in [7, 11) is -2.32. The lowest BCUT2D eigenvalue weighted by Gasteiger charge is -2.17. The second-order valence-corrected chi connectivity index (χ2v) is 8.68. The molecule has 0 aromatic carbocycles. The summed E-state index contributed by atoms with van der Waals surface area (Å²) in [6.45, 7) is 5.02. The van der Waals surface area contributed by atoms with E-state index in [0.717, 1.165) is 0 Å². The molecule has 110 valence electrons. The number of hydrogen-bond donors (Lipinski definition) is 1. The molecule has 0 radical (unpaired) electrons. The van der Waals surface area contributed by atoms with Gasteiger partial charge < -0.3 is 19.1 Å². The molecule has 1 aliphatic rings. The average molecular weight is 300 g/mol. The van der Waals surface area contributed by atoms with Gasteiger partial charge in [-0.15, -0.1) is 5.10 Å². The zero-order valence-corrected chi connectivity index (χ0v) is 12.4. The predicted octanol–water partition coefficient (Wildman–Crippen LogP) is 0.598. The van der Waals surface area contributed by atoms with E-state index >= 15 is 0 Å². The molecule has 2 rings (SSSR count). The lowest BCUT2D eigenvalue weighted by Crippen LogP contribution is -2.25. The first-order valence-electron chi connectivity index (χ1n) is 6.12. The van der Waals surface area contributed by atoms with Crippen LogP contribution in [0.2, 0.25) is 0 Å². The van der Waals surface area contributed by atoms with E-state index in [2.05, 4.69) is 10.1 Å². The Morgan fingerprint density at radius 2 is 2.35 bits per heavy atom. The highest BCUT2D eigenvalue weighted by Gasteiger charge is 2.43. The molecular formula is C11H17N4O4P. The second kappa shape index (κ2) is 5.62. The summed E-state index contributed by atoms with van der Waals surface area (Å²) in [5, 5.41) is 22.7. The van der Waals surface area contributed by atoms with Crippen molar-refractivity contribution < 1.29 is 19.1 Å². The van der Waals surface area contributed by atoms with Gasteiger partial charge in [0, 0.05) is 5.92 Å². The first-order chi connectivity index (χ1) is 9.31. The summed E-state index contributed by atoms with van der Waals surface area (Å²) in [5.74, 6) is -0.300. The number of rotatable bonds is 4. The third kappa shape index (κ3) is 3.25. The highest BCUT2D eigenvalue weighted by atomic mass is 31.2. The van der Waals surface area contributed by atoms with Gasteiger partial charge in [-0.05, 0) is 13.3 Å². The molecule has 0 bridgehead atoms. The Kier molecular flexibility index (Phi) is 4.25. The number of ether oxygens (including phenoxy) is 2. The Bertz CT molecular complexity index is 563. The molecule has 1 aromatic heterocycles. The van der Waals surface area contributed by atoms with Crippen LogP contribution >= 0.6 is 7.14 Å². The van der Waals surface area contributed by atoms with Crippen LogP contribution in [0.1, 0.15) is 19.0 Å². The summed E-state index contributed by atoms with van der Waals surface area (Å²) in [4.78, 5) is 3.76. The van der Waals surface area contributed by atoms with Gasteiger partial charge in [0.2, 0.25) is 0 Å². The summed E-state index contributed by atoms with van der Waals surface area (Å²) < 4.78 is 24.0. The van der Waals surface area contributed by atoms with E-state index in [1.807, 2.05) is 0 Å². The Hall–Kier alpha value is -1.26. The van der Waals surface area contributed by atoms with E-state index in [9.17, 15) is 9.67 Å². The van der Waals surface area contributed by atoms with Gasteiger partial charge >= 0.3 is 0 Å². The quantitative estimate of drug-likeness (QED) is 0.810. The van der Waals surface area contributed by atoms with Gasteiger partial charge in [-0.1, -0.05) is 6.92 Å². The molecule has 1 fully saturated rings. The van der Waals surface area contributed by atoms with Crippen molar-refractivity contribution in [3.8, 4) is 6.07 Å². The fourth-order valence-corrected chi connectivity index (χ4v) is 2.38. The van der Waals surface area contributed by atoms with Crippen molar-refractivity contribution in [1.29, 1.82) is 5.26 Å². The highest BCUT2D eigenvalue weighted by Crippen LogP contribution is 2.39. The molecule has 0 amide bonds. The monoisotopic (exact) mass is 300 g/mol. The number of hydrogen-bond acceptors (Lipinski definition) is 7. The van der Waals surface area contributed by atoms with Gasteiger partial charge in [-0.25, -0.2) is 9.67 Å². The first-order valence-corrected chi connectivity index (χ1v) is 8.91. The van der Waals surface area contributed by atoms with E-state index in [0.29, 0.717) is 0 Å². The lowest BCUT2D eigenvalue weighted by atomic mass is 10.1.